The highest BCUT2D eigenvalue weighted by Crippen LogP contribution is 2.13. The number of hydrogen-bond acceptors (Lipinski definition) is 4. The van der Waals surface area contributed by atoms with Crippen molar-refractivity contribution in [1.29, 1.82) is 0 Å². The van der Waals surface area contributed by atoms with Gasteiger partial charge in [0.2, 0.25) is 0 Å². The lowest BCUT2D eigenvalue weighted by Crippen LogP contribution is -2.32. The second-order valence-electron chi connectivity index (χ2n) is 5.88. The number of rotatable bonds is 7. The minimum atomic E-state index is -0.507. The van der Waals surface area contributed by atoms with Gasteiger partial charge in [-0.05, 0) is 41.3 Å². The Balaban J connectivity index is 1.67. The number of nitrogens with one attached hydrogen (secondary N) is 2. The molecule has 29 heavy (non-hydrogen) atoms. The number of benzene rings is 2. The Hall–Kier alpha value is -3.77. The van der Waals surface area contributed by atoms with Crippen molar-refractivity contribution in [2.45, 2.75) is 0 Å². The molecule has 0 saturated heterocycles. The van der Waals surface area contributed by atoms with Crippen LogP contribution in [-0.4, -0.2) is 18.0 Å². The third kappa shape index (κ3) is 6.41. The van der Waals surface area contributed by atoms with Crippen LogP contribution in [0.4, 0.5) is 0 Å². The van der Waals surface area contributed by atoms with Gasteiger partial charge >= 0.3 is 0 Å². The van der Waals surface area contributed by atoms with Gasteiger partial charge in [-0.2, -0.15) is 5.10 Å². The first-order valence-corrected chi connectivity index (χ1v) is 9.77. The second-order valence-corrected chi connectivity index (χ2v) is 6.86. The first-order valence-electron chi connectivity index (χ1n) is 8.89. The summed E-state index contributed by atoms with van der Waals surface area (Å²) in [6, 6.07) is 22.2. The predicted molar refractivity (Wildman–Crippen MR) is 118 cm³/mol. The Morgan fingerprint density at radius 3 is 2.31 bits per heavy atom. The van der Waals surface area contributed by atoms with Crippen LogP contribution in [0.3, 0.4) is 0 Å². The van der Waals surface area contributed by atoms with Gasteiger partial charge in [0, 0.05) is 16.7 Å². The molecule has 1 aromatic heterocycles. The third-order valence-electron chi connectivity index (χ3n) is 3.77. The van der Waals surface area contributed by atoms with Crippen LogP contribution in [-0.2, 0) is 4.79 Å². The van der Waals surface area contributed by atoms with Crippen LogP contribution in [0.25, 0.3) is 12.2 Å². The number of carbonyl (C=O) groups is 2. The number of nitrogens with zero attached hydrogens (tertiary/aromatic N) is 1. The van der Waals surface area contributed by atoms with Crippen molar-refractivity contribution in [2.24, 2.45) is 5.10 Å². The zero-order chi connectivity index (χ0) is 20.3. The van der Waals surface area contributed by atoms with Crippen LogP contribution in [0.5, 0.6) is 0 Å². The van der Waals surface area contributed by atoms with Gasteiger partial charge in [-0.15, -0.1) is 11.3 Å². The molecule has 0 saturated carbocycles. The van der Waals surface area contributed by atoms with E-state index < -0.39 is 5.91 Å². The highest BCUT2D eigenvalue weighted by atomic mass is 32.1. The predicted octanol–water partition coefficient (Wildman–Crippen LogP) is 4.33. The van der Waals surface area contributed by atoms with Gasteiger partial charge in [-0.25, -0.2) is 5.43 Å². The molecule has 0 unspecified atom stereocenters. The molecule has 2 amide bonds. The fourth-order valence-electron chi connectivity index (χ4n) is 2.38. The van der Waals surface area contributed by atoms with Crippen molar-refractivity contribution in [3.05, 3.63) is 106 Å². The first-order chi connectivity index (χ1) is 14.2. The monoisotopic (exact) mass is 401 g/mol. The lowest BCUT2D eigenvalue weighted by molar-refractivity contribution is -0.117. The molecule has 2 N–H and O–H groups in total. The van der Waals surface area contributed by atoms with Gasteiger partial charge in [0.1, 0.15) is 5.70 Å². The molecular formula is C23H19N3O2S. The molecule has 0 fully saturated rings. The lowest BCUT2D eigenvalue weighted by atomic mass is 10.2. The summed E-state index contributed by atoms with van der Waals surface area (Å²) in [5.74, 6) is -0.872. The minimum absolute atomic E-state index is 0.116. The lowest BCUT2D eigenvalue weighted by Gasteiger charge is -2.08. The molecule has 144 valence electrons. The van der Waals surface area contributed by atoms with Gasteiger partial charge in [0.05, 0.1) is 0 Å². The van der Waals surface area contributed by atoms with E-state index in [1.807, 2.05) is 60.0 Å². The van der Waals surface area contributed by atoms with Gasteiger partial charge in [0.25, 0.3) is 11.8 Å². The molecule has 0 radical (unpaired) electrons. The Kier molecular flexibility index (Phi) is 7.26. The molecule has 1 heterocycles. The van der Waals surface area contributed by atoms with E-state index in [9.17, 15) is 9.59 Å². The molecule has 0 atom stereocenters. The summed E-state index contributed by atoms with van der Waals surface area (Å²) in [4.78, 5) is 25.8. The highest BCUT2D eigenvalue weighted by Gasteiger charge is 2.14. The molecule has 0 bridgehead atoms. The van der Waals surface area contributed by atoms with E-state index in [1.54, 1.807) is 36.4 Å². The van der Waals surface area contributed by atoms with Gasteiger partial charge < -0.3 is 5.32 Å². The molecule has 0 aliphatic carbocycles. The molecule has 0 aliphatic rings. The van der Waals surface area contributed by atoms with E-state index in [1.165, 1.54) is 17.6 Å². The van der Waals surface area contributed by atoms with Crippen molar-refractivity contribution in [1.82, 2.24) is 10.7 Å². The quantitative estimate of drug-likeness (QED) is 0.351. The highest BCUT2D eigenvalue weighted by molar-refractivity contribution is 7.10. The molecule has 0 spiro atoms. The summed E-state index contributed by atoms with van der Waals surface area (Å²) < 4.78 is 0. The smallest absolute Gasteiger partial charge is 0.287 e. The summed E-state index contributed by atoms with van der Waals surface area (Å²) in [6.07, 6.45) is 6.69. The summed E-state index contributed by atoms with van der Waals surface area (Å²) in [7, 11) is 0. The normalized spacial score (nSPS) is 11.7. The molecule has 2 aromatic carbocycles. The molecule has 3 rings (SSSR count). The minimum Gasteiger partial charge on any atom is -0.317 e. The van der Waals surface area contributed by atoms with Crippen LogP contribution in [0, 0.1) is 0 Å². The Morgan fingerprint density at radius 1 is 0.897 bits per heavy atom. The first kappa shape index (κ1) is 20.0. The fourth-order valence-corrected chi connectivity index (χ4v) is 3.03. The number of allylic oxidation sites excluding steroid dienone is 1. The van der Waals surface area contributed by atoms with E-state index in [-0.39, 0.29) is 11.6 Å². The van der Waals surface area contributed by atoms with Crippen LogP contribution >= 0.6 is 11.3 Å². The number of carbonyl (C=O) groups excluding carboxylic acids is 2. The molecule has 3 aromatic rings. The van der Waals surface area contributed by atoms with E-state index in [4.69, 9.17) is 0 Å². The number of hydrazone groups is 1. The topological polar surface area (TPSA) is 70.6 Å². The fraction of sp³-hybridized carbons (Fsp3) is 0. The van der Waals surface area contributed by atoms with Crippen LogP contribution < -0.4 is 10.7 Å². The number of amides is 2. The van der Waals surface area contributed by atoms with Crippen molar-refractivity contribution >= 4 is 41.5 Å². The van der Waals surface area contributed by atoms with Crippen LogP contribution in [0.2, 0.25) is 0 Å². The summed E-state index contributed by atoms with van der Waals surface area (Å²) >= 11 is 1.46. The maximum Gasteiger partial charge on any atom is 0.287 e. The Labute approximate surface area is 173 Å². The molecule has 5 nitrogen and oxygen atoms in total. The Bertz CT molecular complexity index is 1020. The van der Waals surface area contributed by atoms with Gasteiger partial charge in [-0.3, -0.25) is 9.59 Å². The van der Waals surface area contributed by atoms with E-state index in [0.29, 0.717) is 5.56 Å². The SMILES string of the molecule is O=C(NN=C/C=C/c1ccccc1)/C(=C/c1cccs1)NC(=O)c1ccccc1. The van der Waals surface area contributed by atoms with Gasteiger partial charge in [0.15, 0.2) is 0 Å². The summed E-state index contributed by atoms with van der Waals surface area (Å²) in [5, 5.41) is 8.48. The van der Waals surface area contributed by atoms with E-state index in [2.05, 4.69) is 15.8 Å². The maximum atomic E-state index is 12.5. The second kappa shape index (κ2) is 10.5. The molecular weight excluding hydrogens is 382 g/mol. The Morgan fingerprint density at radius 2 is 1.62 bits per heavy atom. The summed E-state index contributed by atoms with van der Waals surface area (Å²) in [5.41, 5.74) is 4.05. The van der Waals surface area contributed by atoms with E-state index in [0.717, 1.165) is 10.4 Å². The van der Waals surface area contributed by atoms with Crippen molar-refractivity contribution in [2.75, 3.05) is 0 Å². The third-order valence-corrected chi connectivity index (χ3v) is 4.59. The summed E-state index contributed by atoms with van der Waals surface area (Å²) in [6.45, 7) is 0. The largest absolute Gasteiger partial charge is 0.317 e. The van der Waals surface area contributed by atoms with Crippen molar-refractivity contribution in [3.63, 3.8) is 0 Å². The van der Waals surface area contributed by atoms with E-state index >= 15 is 0 Å². The average molecular weight is 401 g/mol. The van der Waals surface area contributed by atoms with Crippen molar-refractivity contribution < 1.29 is 9.59 Å². The number of thiophene rings is 1. The van der Waals surface area contributed by atoms with Crippen LogP contribution in [0.1, 0.15) is 20.8 Å². The van der Waals surface area contributed by atoms with Gasteiger partial charge in [-0.1, -0.05) is 60.7 Å². The maximum absolute atomic E-state index is 12.5. The van der Waals surface area contributed by atoms with Crippen LogP contribution in [0.15, 0.2) is 95.1 Å². The standard InChI is InChI=1S/C23H19N3O2S/c27-22(19-12-5-2-6-13-19)25-21(17-20-14-8-16-29-20)23(28)26-24-15-7-11-18-9-3-1-4-10-18/h1-17H,(H,25,27)(H,26,28)/b11-7+,21-17-,24-15?. The average Bonchev–Trinajstić information content (AvgIpc) is 3.27. The number of hydrogen-bond donors (Lipinski definition) is 2. The zero-order valence-electron chi connectivity index (χ0n) is 15.5. The zero-order valence-corrected chi connectivity index (χ0v) is 16.3. The molecule has 0 aliphatic heterocycles. The molecule has 6 heteroatoms. The van der Waals surface area contributed by atoms with Crippen molar-refractivity contribution in [3.8, 4) is 0 Å².